The van der Waals surface area contributed by atoms with Gasteiger partial charge in [-0.25, -0.2) is 8.42 Å². The minimum atomic E-state index is -3.76. The number of benzene rings is 2. The Kier molecular flexibility index (Phi) is 9.76. The summed E-state index contributed by atoms with van der Waals surface area (Å²) in [6.45, 7) is 4.27. The van der Waals surface area contributed by atoms with Crippen molar-refractivity contribution in [1.29, 1.82) is 0 Å². The second kappa shape index (κ2) is 12.3. The Morgan fingerprint density at radius 2 is 1.61 bits per heavy atom. The standard InChI is InChI=1S/C22H27N3O6S2/c1-15-4-5-18(14-16(15)2)25-33(28,29)19-8-6-17(7-9-19)23-22(32)24-20(26)10-11-21(27)31-13-12-30-3/h4-9,14,25H,10-13H2,1-3H3,(H2,23,24,26,32). The monoisotopic (exact) mass is 493 g/mol. The van der Waals surface area contributed by atoms with Gasteiger partial charge in [0.15, 0.2) is 5.11 Å². The average molecular weight is 494 g/mol. The van der Waals surface area contributed by atoms with Gasteiger partial charge in [0.25, 0.3) is 10.0 Å². The molecule has 0 unspecified atom stereocenters. The second-order valence-electron chi connectivity index (χ2n) is 7.14. The molecule has 0 saturated carbocycles. The van der Waals surface area contributed by atoms with Crippen LogP contribution in [0.4, 0.5) is 11.4 Å². The molecule has 0 atom stereocenters. The van der Waals surface area contributed by atoms with Crippen LogP contribution in [0, 0.1) is 13.8 Å². The number of esters is 1. The lowest BCUT2D eigenvalue weighted by Gasteiger charge is -2.12. The van der Waals surface area contributed by atoms with Crippen LogP contribution in [0.2, 0.25) is 0 Å². The number of carbonyl (C=O) groups is 2. The first kappa shape index (κ1) is 26.2. The third-order valence-corrected chi connectivity index (χ3v) is 6.14. The van der Waals surface area contributed by atoms with Gasteiger partial charge in [0.1, 0.15) is 6.61 Å². The third kappa shape index (κ3) is 8.79. The number of methoxy groups -OCH3 is 1. The highest BCUT2D eigenvalue weighted by atomic mass is 32.2. The number of carbonyl (C=O) groups excluding carboxylic acids is 2. The molecular weight excluding hydrogens is 466 g/mol. The molecule has 0 aliphatic carbocycles. The summed E-state index contributed by atoms with van der Waals surface area (Å²) in [7, 11) is -2.27. The van der Waals surface area contributed by atoms with E-state index in [2.05, 4.69) is 15.4 Å². The topological polar surface area (TPSA) is 123 Å². The lowest BCUT2D eigenvalue weighted by Crippen LogP contribution is -2.34. The molecule has 0 fully saturated rings. The number of anilines is 2. The molecule has 0 heterocycles. The zero-order valence-corrected chi connectivity index (χ0v) is 20.3. The molecule has 0 aliphatic heterocycles. The van der Waals surface area contributed by atoms with E-state index in [-0.39, 0.29) is 36.1 Å². The number of nitrogens with one attached hydrogen (secondary N) is 3. The van der Waals surface area contributed by atoms with Crippen LogP contribution in [-0.2, 0) is 29.1 Å². The van der Waals surface area contributed by atoms with Gasteiger partial charge < -0.3 is 20.1 Å². The maximum Gasteiger partial charge on any atom is 0.306 e. The number of sulfonamides is 1. The average Bonchev–Trinajstić information content (AvgIpc) is 2.75. The first-order valence-corrected chi connectivity index (χ1v) is 12.0. The van der Waals surface area contributed by atoms with Crippen molar-refractivity contribution in [3.63, 3.8) is 0 Å². The number of amides is 1. The Morgan fingerprint density at radius 1 is 0.939 bits per heavy atom. The van der Waals surface area contributed by atoms with Gasteiger partial charge in [-0.15, -0.1) is 0 Å². The van der Waals surface area contributed by atoms with Crippen molar-refractivity contribution in [3.8, 4) is 0 Å². The minimum absolute atomic E-state index is 0.0246. The zero-order chi connectivity index (χ0) is 24.4. The lowest BCUT2D eigenvalue weighted by atomic mass is 10.1. The Balaban J connectivity index is 1.86. The summed E-state index contributed by atoms with van der Waals surface area (Å²) in [5, 5.41) is 5.28. The van der Waals surface area contributed by atoms with Gasteiger partial charge in [-0.2, -0.15) is 0 Å². The van der Waals surface area contributed by atoms with E-state index < -0.39 is 21.9 Å². The molecule has 3 N–H and O–H groups in total. The highest BCUT2D eigenvalue weighted by molar-refractivity contribution is 7.92. The normalized spacial score (nSPS) is 10.9. The van der Waals surface area contributed by atoms with Crippen LogP contribution in [0.1, 0.15) is 24.0 Å². The van der Waals surface area contributed by atoms with Crippen molar-refractivity contribution in [2.24, 2.45) is 0 Å². The Bertz CT molecular complexity index is 1100. The fourth-order valence-electron chi connectivity index (χ4n) is 2.61. The van der Waals surface area contributed by atoms with Crippen LogP contribution in [-0.4, -0.2) is 45.7 Å². The van der Waals surface area contributed by atoms with Gasteiger partial charge in [-0.1, -0.05) is 6.07 Å². The third-order valence-electron chi connectivity index (χ3n) is 4.54. The summed E-state index contributed by atoms with van der Waals surface area (Å²) in [4.78, 5) is 23.5. The van der Waals surface area contributed by atoms with Crippen molar-refractivity contribution in [1.82, 2.24) is 5.32 Å². The number of hydrogen-bond donors (Lipinski definition) is 3. The highest BCUT2D eigenvalue weighted by Gasteiger charge is 2.15. The molecule has 33 heavy (non-hydrogen) atoms. The van der Waals surface area contributed by atoms with Crippen LogP contribution >= 0.6 is 12.2 Å². The van der Waals surface area contributed by atoms with E-state index in [4.69, 9.17) is 21.7 Å². The van der Waals surface area contributed by atoms with Crippen LogP contribution in [0.3, 0.4) is 0 Å². The summed E-state index contributed by atoms with van der Waals surface area (Å²) in [6, 6.07) is 11.2. The zero-order valence-electron chi connectivity index (χ0n) is 18.6. The minimum Gasteiger partial charge on any atom is -0.463 e. The molecular formula is C22H27N3O6S2. The number of thiocarbonyl (C=S) groups is 1. The molecule has 0 bridgehead atoms. The van der Waals surface area contributed by atoms with E-state index in [0.29, 0.717) is 11.4 Å². The predicted molar refractivity (Wildman–Crippen MR) is 130 cm³/mol. The van der Waals surface area contributed by atoms with Gasteiger partial charge in [-0.05, 0) is 73.6 Å². The van der Waals surface area contributed by atoms with Gasteiger partial charge in [0.05, 0.1) is 17.9 Å². The van der Waals surface area contributed by atoms with Gasteiger partial charge in [0, 0.05) is 24.9 Å². The highest BCUT2D eigenvalue weighted by Crippen LogP contribution is 2.20. The molecule has 2 aromatic carbocycles. The van der Waals surface area contributed by atoms with Gasteiger partial charge in [-0.3, -0.25) is 14.3 Å². The molecule has 2 aromatic rings. The van der Waals surface area contributed by atoms with Crippen LogP contribution in [0.25, 0.3) is 0 Å². The van der Waals surface area contributed by atoms with E-state index in [1.165, 1.54) is 31.4 Å². The molecule has 0 aromatic heterocycles. The van der Waals surface area contributed by atoms with E-state index in [1.807, 2.05) is 19.9 Å². The van der Waals surface area contributed by atoms with E-state index in [1.54, 1.807) is 12.1 Å². The molecule has 0 spiro atoms. The summed E-state index contributed by atoms with van der Waals surface area (Å²) in [5.41, 5.74) is 3.02. The number of hydrogen-bond acceptors (Lipinski definition) is 7. The summed E-state index contributed by atoms with van der Waals surface area (Å²) in [5.74, 6) is -0.958. The quantitative estimate of drug-likeness (QED) is 0.262. The fraction of sp³-hybridized carbons (Fsp3) is 0.318. The summed E-state index contributed by atoms with van der Waals surface area (Å²) >= 11 is 5.09. The van der Waals surface area contributed by atoms with Crippen molar-refractivity contribution < 1.29 is 27.5 Å². The number of aryl methyl sites for hydroxylation is 2. The molecule has 0 saturated heterocycles. The Labute approximate surface area is 198 Å². The maximum absolute atomic E-state index is 12.6. The van der Waals surface area contributed by atoms with Crippen LogP contribution in [0.5, 0.6) is 0 Å². The van der Waals surface area contributed by atoms with Crippen LogP contribution < -0.4 is 15.4 Å². The van der Waals surface area contributed by atoms with Crippen molar-refractivity contribution in [2.75, 3.05) is 30.4 Å². The van der Waals surface area contributed by atoms with E-state index >= 15 is 0 Å². The smallest absolute Gasteiger partial charge is 0.306 e. The largest absolute Gasteiger partial charge is 0.463 e. The molecule has 0 radical (unpaired) electrons. The second-order valence-corrected chi connectivity index (χ2v) is 9.24. The van der Waals surface area contributed by atoms with E-state index in [0.717, 1.165) is 11.1 Å². The number of rotatable bonds is 10. The molecule has 178 valence electrons. The predicted octanol–water partition coefficient (Wildman–Crippen LogP) is 2.89. The van der Waals surface area contributed by atoms with Gasteiger partial charge in [0.2, 0.25) is 5.91 Å². The van der Waals surface area contributed by atoms with Crippen molar-refractivity contribution in [2.45, 2.75) is 31.6 Å². The van der Waals surface area contributed by atoms with E-state index in [9.17, 15) is 18.0 Å². The summed E-state index contributed by atoms with van der Waals surface area (Å²) < 4.78 is 37.5. The fourth-order valence-corrected chi connectivity index (χ4v) is 3.90. The van der Waals surface area contributed by atoms with Gasteiger partial charge >= 0.3 is 5.97 Å². The molecule has 9 nitrogen and oxygen atoms in total. The van der Waals surface area contributed by atoms with Crippen molar-refractivity contribution in [3.05, 3.63) is 53.6 Å². The lowest BCUT2D eigenvalue weighted by molar-refractivity contribution is -0.146. The Hall–Kier alpha value is -3.02. The molecule has 11 heteroatoms. The maximum atomic E-state index is 12.6. The van der Waals surface area contributed by atoms with Crippen LogP contribution in [0.15, 0.2) is 47.4 Å². The molecule has 0 aliphatic rings. The first-order chi connectivity index (χ1) is 15.6. The first-order valence-electron chi connectivity index (χ1n) is 10.1. The Morgan fingerprint density at radius 3 is 2.24 bits per heavy atom. The summed E-state index contributed by atoms with van der Waals surface area (Å²) in [6.07, 6.45) is -0.173. The molecule has 1 amide bonds. The SMILES string of the molecule is COCCOC(=O)CCC(=O)NC(=S)Nc1ccc(S(=O)(=O)Nc2ccc(C)c(C)c2)cc1. The van der Waals surface area contributed by atoms with Crippen molar-refractivity contribution >= 4 is 50.6 Å². The number of ether oxygens (including phenoxy) is 2. The molecule has 2 rings (SSSR count).